The highest BCUT2D eigenvalue weighted by molar-refractivity contribution is 9.10. The summed E-state index contributed by atoms with van der Waals surface area (Å²) >= 11 is 4.64. The van der Waals surface area contributed by atoms with Crippen LogP contribution in [0.2, 0.25) is 0 Å². The summed E-state index contributed by atoms with van der Waals surface area (Å²) in [5.74, 6) is -5.02. The van der Waals surface area contributed by atoms with E-state index < -0.39 is 78.6 Å². The molecule has 60 heavy (non-hydrogen) atoms. The summed E-state index contributed by atoms with van der Waals surface area (Å²) in [5, 5.41) is 19.1. The van der Waals surface area contributed by atoms with Crippen molar-refractivity contribution < 1.29 is 38.3 Å². The van der Waals surface area contributed by atoms with Crippen LogP contribution in [0.15, 0.2) is 77.0 Å². The lowest BCUT2D eigenvalue weighted by molar-refractivity contribution is -0.134. The fourth-order valence-corrected chi connectivity index (χ4v) is 8.10. The summed E-state index contributed by atoms with van der Waals surface area (Å²) in [5.41, 5.74) is 2.57. The van der Waals surface area contributed by atoms with Crippen molar-refractivity contribution in [2.24, 2.45) is 0 Å². The number of likely N-dealkylation sites (N-methyl/N-ethyl adjacent to an activating group) is 1. The van der Waals surface area contributed by atoms with Gasteiger partial charge < -0.3 is 51.5 Å². The molecule has 1 aliphatic heterocycles. The SMILES string of the molecule is C=C1NC(=O)[C@@H](C)NC(=O)CNC(=O)[C@H](Cc2c[nH]c3cccc(Br)c23)NC(=O)[C@H](Cc2c[nH]c3ccccc23)NC(=O)c2csc(n2)[C@@H](COC)NC(=O)CN(C)C1=O. The number of halogens is 1. The first-order chi connectivity index (χ1) is 28.7. The van der Waals surface area contributed by atoms with Crippen LogP contribution < -0.4 is 31.9 Å². The number of rotatable bonds is 6. The third kappa shape index (κ3) is 10.2. The topological polar surface area (TPSA) is 249 Å². The Kier molecular flexibility index (Phi) is 13.8. The molecule has 4 atom stereocenters. The van der Waals surface area contributed by atoms with Gasteiger partial charge in [-0.3, -0.25) is 33.6 Å². The minimum absolute atomic E-state index is 0.00886. The van der Waals surface area contributed by atoms with Gasteiger partial charge in [0, 0.05) is 71.1 Å². The quantitative estimate of drug-likeness (QED) is 0.115. The van der Waals surface area contributed by atoms with Crippen LogP contribution in [-0.4, -0.2) is 113 Å². The van der Waals surface area contributed by atoms with Gasteiger partial charge in [0.05, 0.1) is 25.4 Å². The van der Waals surface area contributed by atoms with Crippen LogP contribution in [0.4, 0.5) is 0 Å². The lowest BCUT2D eigenvalue weighted by Crippen LogP contribution is -2.56. The molecule has 8 N–H and O–H groups in total. The van der Waals surface area contributed by atoms with Crippen molar-refractivity contribution in [3.63, 3.8) is 0 Å². The monoisotopic (exact) mass is 902 g/mol. The Hall–Kier alpha value is -6.38. The smallest absolute Gasteiger partial charge is 0.271 e. The van der Waals surface area contributed by atoms with Gasteiger partial charge in [0.2, 0.25) is 29.5 Å². The van der Waals surface area contributed by atoms with Crippen molar-refractivity contribution in [2.45, 2.75) is 43.9 Å². The van der Waals surface area contributed by atoms with Crippen molar-refractivity contribution in [1.82, 2.24) is 51.8 Å². The van der Waals surface area contributed by atoms with E-state index in [2.05, 4.69) is 69.4 Å². The van der Waals surface area contributed by atoms with Crippen molar-refractivity contribution in [3.8, 4) is 0 Å². The van der Waals surface area contributed by atoms with Gasteiger partial charge >= 0.3 is 0 Å². The van der Waals surface area contributed by atoms with Gasteiger partial charge in [0.1, 0.15) is 34.9 Å². The Bertz CT molecular complexity index is 2480. The first-order valence-electron chi connectivity index (χ1n) is 18.7. The number of thiazole rings is 1. The number of methoxy groups -OCH3 is 1. The van der Waals surface area contributed by atoms with Crippen molar-refractivity contribution in [3.05, 3.63) is 98.8 Å². The van der Waals surface area contributed by atoms with Crippen LogP contribution in [0.5, 0.6) is 0 Å². The molecule has 0 saturated heterocycles. The standard InChI is InChI=1S/C40H43BrN10O8S/c1-20-35(54)46-21(2)40(58)51(3)17-33(53)47-30(18-59-4)39-50-31(19-60-39)38(57)49-29(12-22-14-42-26-10-6-5-8-24(22)26)37(56)48-28(36(55)44-16-32(52)45-20)13-23-15-43-27-11-7-9-25(41)34(23)27/h5-11,14-15,19-20,28-30,42-43H,2,12-13,16-18H2,1,3-4H3,(H,44,55)(H,45,52)(H,46,54)(H,47,53)(H,48,56)(H,49,57)/t20-,28+,29+,30-/m1/s1. The number of carbonyl (C=O) groups is 7. The summed E-state index contributed by atoms with van der Waals surface area (Å²) in [6, 6.07) is 8.49. The third-order valence-corrected chi connectivity index (χ3v) is 11.3. The predicted molar refractivity (Wildman–Crippen MR) is 225 cm³/mol. The molecule has 4 heterocycles. The number of carbonyl (C=O) groups excluding carboxylic acids is 7. The summed E-state index contributed by atoms with van der Waals surface area (Å²) in [6.07, 6.45) is 3.44. The lowest BCUT2D eigenvalue weighted by Gasteiger charge is -2.23. The summed E-state index contributed by atoms with van der Waals surface area (Å²) in [4.78, 5) is 106. The van der Waals surface area contributed by atoms with Crippen molar-refractivity contribution >= 4 is 90.4 Å². The average molecular weight is 904 g/mol. The molecule has 0 spiro atoms. The number of para-hydroxylation sites is 1. The second-order valence-corrected chi connectivity index (χ2v) is 15.9. The zero-order chi connectivity index (χ0) is 43.1. The van der Waals surface area contributed by atoms with Gasteiger partial charge in [-0.25, -0.2) is 4.98 Å². The van der Waals surface area contributed by atoms with E-state index in [9.17, 15) is 33.6 Å². The van der Waals surface area contributed by atoms with E-state index >= 15 is 0 Å². The van der Waals surface area contributed by atoms with Crippen LogP contribution in [0, 0.1) is 0 Å². The number of amides is 7. The van der Waals surface area contributed by atoms with Gasteiger partial charge in [-0.1, -0.05) is 46.8 Å². The van der Waals surface area contributed by atoms with Crippen molar-refractivity contribution in [1.29, 1.82) is 0 Å². The van der Waals surface area contributed by atoms with E-state index in [1.54, 1.807) is 12.4 Å². The number of H-pyrrole nitrogens is 2. The Morgan fingerprint density at radius 3 is 2.32 bits per heavy atom. The third-order valence-electron chi connectivity index (χ3n) is 9.69. The fourth-order valence-electron chi connectivity index (χ4n) is 6.64. The highest BCUT2D eigenvalue weighted by atomic mass is 79.9. The van der Waals surface area contributed by atoms with Crippen LogP contribution in [0.3, 0.4) is 0 Å². The molecule has 0 aliphatic carbocycles. The minimum Gasteiger partial charge on any atom is -0.382 e. The molecular formula is C40H43BrN10O8S. The zero-order valence-corrected chi connectivity index (χ0v) is 35.2. The second kappa shape index (κ2) is 19.1. The number of benzene rings is 2. The molecule has 0 radical (unpaired) electrons. The van der Waals surface area contributed by atoms with E-state index in [4.69, 9.17) is 4.74 Å². The molecule has 2 aromatic carbocycles. The van der Waals surface area contributed by atoms with E-state index in [0.29, 0.717) is 16.1 Å². The first kappa shape index (κ1) is 43.2. The van der Waals surface area contributed by atoms with Crippen molar-refractivity contribution in [2.75, 3.05) is 33.9 Å². The van der Waals surface area contributed by atoms with Gasteiger partial charge in [0.15, 0.2) is 0 Å². The van der Waals surface area contributed by atoms with Crippen LogP contribution in [-0.2, 0) is 46.3 Å². The molecule has 0 saturated carbocycles. The molecule has 6 rings (SSSR count). The minimum atomic E-state index is -1.26. The number of ether oxygens (including phenoxy) is 1. The summed E-state index contributed by atoms with van der Waals surface area (Å²) in [6.45, 7) is 3.92. The second-order valence-electron chi connectivity index (χ2n) is 14.1. The van der Waals surface area contributed by atoms with Gasteiger partial charge in [-0.15, -0.1) is 11.3 Å². The molecule has 0 fully saturated rings. The number of aromatic amines is 2. The molecule has 20 heteroatoms. The predicted octanol–water partition coefficient (Wildman–Crippen LogP) is 1.46. The maximum absolute atomic E-state index is 14.4. The maximum atomic E-state index is 14.4. The van der Waals surface area contributed by atoms with E-state index in [-0.39, 0.29) is 30.8 Å². The van der Waals surface area contributed by atoms with Crippen LogP contribution >= 0.6 is 27.3 Å². The lowest BCUT2D eigenvalue weighted by atomic mass is 10.0. The Morgan fingerprint density at radius 1 is 0.833 bits per heavy atom. The molecule has 18 nitrogen and oxygen atoms in total. The molecule has 5 aromatic rings. The van der Waals surface area contributed by atoms with E-state index in [1.165, 1.54) is 26.5 Å². The molecule has 314 valence electrons. The van der Waals surface area contributed by atoms with Gasteiger partial charge in [0.25, 0.3) is 11.8 Å². The van der Waals surface area contributed by atoms with E-state index in [0.717, 1.165) is 42.5 Å². The normalized spacial score (nSPS) is 20.8. The molecular weight excluding hydrogens is 860 g/mol. The molecule has 1 aliphatic rings. The van der Waals surface area contributed by atoms with Crippen LogP contribution in [0.1, 0.15) is 39.6 Å². The summed E-state index contributed by atoms with van der Waals surface area (Å²) in [7, 11) is 2.76. The highest BCUT2D eigenvalue weighted by Crippen LogP contribution is 2.28. The summed E-state index contributed by atoms with van der Waals surface area (Å²) < 4.78 is 6.06. The molecule has 7 amide bonds. The van der Waals surface area contributed by atoms with Crippen LogP contribution in [0.25, 0.3) is 21.8 Å². The Balaban J connectivity index is 1.35. The maximum Gasteiger partial charge on any atom is 0.271 e. The number of hydrogen-bond donors (Lipinski definition) is 8. The number of hydrogen-bond acceptors (Lipinski definition) is 10. The molecule has 3 aromatic heterocycles. The average Bonchev–Trinajstić information content (AvgIpc) is 3.98. The fraction of sp³-hybridized carbons (Fsp3) is 0.300. The first-order valence-corrected chi connectivity index (χ1v) is 20.4. The Labute approximate surface area is 355 Å². The van der Waals surface area contributed by atoms with Gasteiger partial charge in [-0.2, -0.15) is 0 Å². The Morgan fingerprint density at radius 2 is 1.53 bits per heavy atom. The molecule has 0 unspecified atom stereocenters. The van der Waals surface area contributed by atoms with E-state index in [1.807, 2.05) is 42.5 Å². The highest BCUT2D eigenvalue weighted by Gasteiger charge is 2.31. The number of aromatic nitrogens is 3. The zero-order valence-electron chi connectivity index (χ0n) is 32.8. The number of nitrogens with one attached hydrogen (secondary N) is 8. The largest absolute Gasteiger partial charge is 0.382 e. The van der Waals surface area contributed by atoms with Gasteiger partial charge in [-0.05, 0) is 36.2 Å². The molecule has 2 bridgehead atoms. The number of nitrogens with zero attached hydrogens (tertiary/aromatic N) is 2. The number of fused-ring (bicyclic) bond motifs is 4.